The third-order valence-corrected chi connectivity index (χ3v) is 6.71. The maximum absolute atomic E-state index is 4.96. The summed E-state index contributed by atoms with van der Waals surface area (Å²) in [6.07, 6.45) is 4.78. The van der Waals surface area contributed by atoms with Crippen molar-refractivity contribution in [1.29, 1.82) is 0 Å². The van der Waals surface area contributed by atoms with Gasteiger partial charge < -0.3 is 4.90 Å². The lowest BCUT2D eigenvalue weighted by molar-refractivity contribution is 0.439. The van der Waals surface area contributed by atoms with E-state index in [-0.39, 0.29) is 0 Å². The molecule has 3 heterocycles. The van der Waals surface area contributed by atoms with Gasteiger partial charge in [0.25, 0.3) is 0 Å². The molecule has 0 unspecified atom stereocenters. The van der Waals surface area contributed by atoms with Crippen LogP contribution in [0, 0.1) is 19.8 Å². The van der Waals surface area contributed by atoms with Crippen molar-refractivity contribution in [3.8, 4) is 5.69 Å². The molecule has 1 aliphatic rings. The molecule has 3 nitrogen and oxygen atoms in total. The van der Waals surface area contributed by atoms with Gasteiger partial charge in [0, 0.05) is 40.5 Å². The first kappa shape index (κ1) is 19.5. The van der Waals surface area contributed by atoms with Crippen LogP contribution >= 0.6 is 15.9 Å². The van der Waals surface area contributed by atoms with Gasteiger partial charge in [-0.1, -0.05) is 26.8 Å². The number of benzene rings is 1. The molecule has 0 amide bonds. The van der Waals surface area contributed by atoms with E-state index < -0.39 is 0 Å². The number of rotatable bonds is 3. The van der Waals surface area contributed by atoms with Crippen LogP contribution < -0.4 is 4.90 Å². The summed E-state index contributed by atoms with van der Waals surface area (Å²) < 4.78 is 3.37. The Morgan fingerprint density at radius 1 is 1.07 bits per heavy atom. The van der Waals surface area contributed by atoms with Crippen molar-refractivity contribution in [2.24, 2.45) is 5.92 Å². The maximum atomic E-state index is 4.96. The Hall–Kier alpha value is -1.81. The molecule has 2 aromatic heterocycles. The van der Waals surface area contributed by atoms with E-state index in [1.54, 1.807) is 0 Å². The maximum Gasteiger partial charge on any atom is 0.147 e. The van der Waals surface area contributed by atoms with Crippen LogP contribution in [0.15, 0.2) is 34.9 Å². The van der Waals surface area contributed by atoms with Crippen molar-refractivity contribution < 1.29 is 0 Å². The van der Waals surface area contributed by atoms with Crippen LogP contribution in [0.5, 0.6) is 0 Å². The summed E-state index contributed by atoms with van der Waals surface area (Å²) in [6, 6.07) is 8.95. The molecule has 1 aliphatic heterocycles. The van der Waals surface area contributed by atoms with E-state index in [0.717, 1.165) is 40.5 Å². The predicted octanol–water partition coefficient (Wildman–Crippen LogP) is 6.76. The zero-order valence-electron chi connectivity index (χ0n) is 17.6. The largest absolute Gasteiger partial charge is 0.371 e. The summed E-state index contributed by atoms with van der Waals surface area (Å²) in [5.41, 5.74) is 7.27. The summed E-state index contributed by atoms with van der Waals surface area (Å²) in [4.78, 5) is 7.52. The Bertz CT molecular complexity index is 1010. The van der Waals surface area contributed by atoms with Gasteiger partial charge in [-0.3, -0.25) is 4.57 Å². The third kappa shape index (κ3) is 3.47. The molecule has 0 spiro atoms. The van der Waals surface area contributed by atoms with Gasteiger partial charge in [0.05, 0.1) is 5.69 Å². The highest BCUT2D eigenvalue weighted by molar-refractivity contribution is 9.10. The molecule has 0 bridgehead atoms. The number of aryl methyl sites for hydroxylation is 2. The lowest BCUT2D eigenvalue weighted by Gasteiger charge is -2.33. The summed E-state index contributed by atoms with van der Waals surface area (Å²) >= 11 is 3.81. The predicted molar refractivity (Wildman–Crippen MR) is 123 cm³/mol. The third-order valence-electron chi connectivity index (χ3n) is 6.08. The standard InChI is InChI=1S/C24H30BrN3/c1-15(2)19-6-7-21(20(25)13-19)28-14-17(4)23-22(12-18(5)26-24(23)28)27-10-8-16(3)9-11-27/h6-7,12-16H,8-11H2,1-5H3. The molecule has 1 fully saturated rings. The zero-order chi connectivity index (χ0) is 20.0. The molecule has 148 valence electrons. The highest BCUT2D eigenvalue weighted by Crippen LogP contribution is 2.36. The van der Waals surface area contributed by atoms with Crippen molar-refractivity contribution >= 4 is 32.7 Å². The fourth-order valence-corrected chi connectivity index (χ4v) is 4.86. The van der Waals surface area contributed by atoms with Crippen LogP contribution in [0.3, 0.4) is 0 Å². The Labute approximate surface area is 176 Å². The lowest BCUT2D eigenvalue weighted by Crippen LogP contribution is -2.33. The second-order valence-electron chi connectivity index (χ2n) is 8.70. The summed E-state index contributed by atoms with van der Waals surface area (Å²) in [5.74, 6) is 1.35. The Balaban J connectivity index is 1.86. The summed E-state index contributed by atoms with van der Waals surface area (Å²) in [7, 11) is 0. The zero-order valence-corrected chi connectivity index (χ0v) is 19.2. The Kier molecular flexibility index (Phi) is 5.26. The van der Waals surface area contributed by atoms with E-state index in [1.807, 2.05) is 0 Å². The normalized spacial score (nSPS) is 15.8. The molecule has 0 saturated carbocycles. The average molecular weight is 440 g/mol. The van der Waals surface area contributed by atoms with Crippen molar-refractivity contribution in [3.05, 3.63) is 51.8 Å². The van der Waals surface area contributed by atoms with Gasteiger partial charge in [0.1, 0.15) is 5.65 Å². The second-order valence-corrected chi connectivity index (χ2v) is 9.55. The van der Waals surface area contributed by atoms with Crippen LogP contribution in [0.1, 0.15) is 56.4 Å². The molecule has 1 saturated heterocycles. The summed E-state index contributed by atoms with van der Waals surface area (Å²) in [5, 5.41) is 1.29. The van der Waals surface area contributed by atoms with Crippen LogP contribution in [0.2, 0.25) is 0 Å². The van der Waals surface area contributed by atoms with Gasteiger partial charge in [-0.15, -0.1) is 0 Å². The van der Waals surface area contributed by atoms with Gasteiger partial charge in [-0.2, -0.15) is 0 Å². The summed E-state index contributed by atoms with van der Waals surface area (Å²) in [6.45, 7) is 13.4. The average Bonchev–Trinajstić information content (AvgIpc) is 2.97. The highest BCUT2D eigenvalue weighted by Gasteiger charge is 2.22. The topological polar surface area (TPSA) is 21.1 Å². The monoisotopic (exact) mass is 439 g/mol. The number of hydrogen-bond acceptors (Lipinski definition) is 2. The molecular weight excluding hydrogens is 410 g/mol. The minimum atomic E-state index is 0.516. The molecule has 0 atom stereocenters. The van der Waals surface area contributed by atoms with E-state index in [4.69, 9.17) is 4.98 Å². The lowest BCUT2D eigenvalue weighted by atomic mass is 9.98. The molecule has 0 N–H and O–H groups in total. The van der Waals surface area contributed by atoms with Crippen molar-refractivity contribution in [2.75, 3.05) is 18.0 Å². The fraction of sp³-hybridized carbons (Fsp3) is 0.458. The first-order valence-electron chi connectivity index (χ1n) is 10.4. The van der Waals surface area contributed by atoms with E-state index in [0.29, 0.717) is 5.92 Å². The highest BCUT2D eigenvalue weighted by atomic mass is 79.9. The molecule has 0 radical (unpaired) electrons. The number of anilines is 1. The smallest absolute Gasteiger partial charge is 0.147 e. The van der Waals surface area contributed by atoms with Gasteiger partial charge in [-0.05, 0) is 83.8 Å². The SMILES string of the molecule is Cc1cc(N2CCC(C)CC2)c2c(C)cn(-c3ccc(C(C)C)cc3Br)c2n1. The van der Waals surface area contributed by atoms with Crippen molar-refractivity contribution in [3.63, 3.8) is 0 Å². The van der Waals surface area contributed by atoms with Crippen LogP contribution in [-0.2, 0) is 0 Å². The molecule has 28 heavy (non-hydrogen) atoms. The quantitative estimate of drug-likeness (QED) is 0.448. The van der Waals surface area contributed by atoms with E-state index in [2.05, 4.69) is 90.5 Å². The van der Waals surface area contributed by atoms with Gasteiger partial charge >= 0.3 is 0 Å². The minimum absolute atomic E-state index is 0.516. The van der Waals surface area contributed by atoms with Crippen LogP contribution in [-0.4, -0.2) is 22.6 Å². The van der Waals surface area contributed by atoms with Crippen LogP contribution in [0.25, 0.3) is 16.7 Å². The van der Waals surface area contributed by atoms with E-state index >= 15 is 0 Å². The molecule has 4 rings (SSSR count). The molecule has 3 aromatic rings. The number of halogens is 1. The molecule has 4 heteroatoms. The first-order chi connectivity index (χ1) is 13.3. The Morgan fingerprint density at radius 2 is 1.79 bits per heavy atom. The Morgan fingerprint density at radius 3 is 2.43 bits per heavy atom. The molecule has 1 aromatic carbocycles. The molecule has 0 aliphatic carbocycles. The second kappa shape index (κ2) is 7.55. The number of hydrogen-bond donors (Lipinski definition) is 0. The van der Waals surface area contributed by atoms with E-state index in [1.165, 1.54) is 35.0 Å². The van der Waals surface area contributed by atoms with E-state index in [9.17, 15) is 0 Å². The van der Waals surface area contributed by atoms with Gasteiger partial charge in [-0.25, -0.2) is 4.98 Å². The van der Waals surface area contributed by atoms with Crippen LogP contribution in [0.4, 0.5) is 5.69 Å². The number of nitrogens with zero attached hydrogens (tertiary/aromatic N) is 3. The first-order valence-corrected chi connectivity index (χ1v) is 11.2. The fourth-order valence-electron chi connectivity index (χ4n) is 4.27. The number of pyridine rings is 1. The van der Waals surface area contributed by atoms with Gasteiger partial charge in [0.15, 0.2) is 0 Å². The van der Waals surface area contributed by atoms with Gasteiger partial charge in [0.2, 0.25) is 0 Å². The number of piperidine rings is 1. The van der Waals surface area contributed by atoms with Crippen molar-refractivity contribution in [2.45, 2.75) is 53.4 Å². The number of fused-ring (bicyclic) bond motifs is 1. The minimum Gasteiger partial charge on any atom is -0.371 e. The number of aromatic nitrogens is 2. The van der Waals surface area contributed by atoms with Crippen molar-refractivity contribution in [1.82, 2.24) is 9.55 Å². The molecular formula is C24H30BrN3.